The van der Waals surface area contributed by atoms with E-state index in [0.717, 1.165) is 0 Å². The van der Waals surface area contributed by atoms with E-state index in [1.807, 2.05) is 6.92 Å². The van der Waals surface area contributed by atoms with E-state index in [1.54, 1.807) is 0 Å². The molecule has 0 aromatic carbocycles. The maximum atomic E-state index is 9.47. The summed E-state index contributed by atoms with van der Waals surface area (Å²) in [5.74, 6) is 0.427. The first-order chi connectivity index (χ1) is 3.84. The summed E-state index contributed by atoms with van der Waals surface area (Å²) in [4.78, 5) is 9.47. The fraction of sp³-hybridized carbons (Fsp3) is 0.500. The molecule has 0 heterocycles. The van der Waals surface area contributed by atoms with Gasteiger partial charge in [-0.2, -0.15) is 0 Å². The van der Waals surface area contributed by atoms with Gasteiger partial charge < -0.3 is 15.7 Å². The number of carbonyl (C=O) groups excluding carboxylic acids is 1. The monoisotopic (exact) mass is 212 g/mol. The van der Waals surface area contributed by atoms with Gasteiger partial charge in [0.1, 0.15) is 0 Å². The minimum absolute atomic E-state index is 0. The van der Waals surface area contributed by atoms with Crippen LogP contribution < -0.4 is 58.2 Å². The van der Waals surface area contributed by atoms with Gasteiger partial charge in [-0.15, -0.1) is 0 Å². The first-order valence-corrected chi connectivity index (χ1v) is 2.52. The molecule has 0 saturated carbocycles. The molecular weight excluding hydrogens is 204 g/mol. The molecule has 1 unspecified atom stereocenters. The molecule has 0 bridgehead atoms. The van der Waals surface area contributed by atoms with Gasteiger partial charge in [-0.3, -0.25) is 0 Å². The summed E-state index contributed by atoms with van der Waals surface area (Å²) in [6.45, 7) is 3.87. The number of rotatable bonds is 3. The minimum atomic E-state index is 0. The van der Waals surface area contributed by atoms with Gasteiger partial charge >= 0.3 is 58.2 Å². The minimum Gasteiger partial charge on any atom is -0.693 e. The molecule has 0 aromatic rings. The van der Waals surface area contributed by atoms with Gasteiger partial charge in [0, 0.05) is 5.92 Å². The average molecular weight is 213 g/mol. The van der Waals surface area contributed by atoms with Gasteiger partial charge in [0.15, 0.2) is 0 Å². The molecule has 1 atom stereocenters. The van der Waals surface area contributed by atoms with E-state index in [2.05, 4.69) is 10.8 Å². The number of ether oxygens (including phenoxy) is 1. The van der Waals surface area contributed by atoms with Crippen molar-refractivity contribution < 1.29 is 67.7 Å². The van der Waals surface area contributed by atoms with Gasteiger partial charge in [0.25, 0.3) is 0 Å². The zero-order valence-corrected chi connectivity index (χ0v) is 11.2. The Hall–Kier alpha value is 0.975. The molecule has 2 N–H and O–H groups in total. The van der Waals surface area contributed by atoms with Crippen molar-refractivity contribution in [2.45, 2.75) is 6.92 Å². The molecule has 10 heavy (non-hydrogen) atoms. The Bertz CT molecular complexity index is 136. The molecule has 1 aliphatic carbocycles. The second-order valence-electron chi connectivity index (χ2n) is 1.91. The second kappa shape index (κ2) is 6.67. The van der Waals surface area contributed by atoms with Crippen molar-refractivity contribution in [2.24, 2.45) is 5.92 Å². The summed E-state index contributed by atoms with van der Waals surface area (Å²) in [5.41, 5.74) is 1.31. The van der Waals surface area contributed by atoms with E-state index in [-0.39, 0.29) is 64.3 Å². The zero-order valence-electron chi connectivity index (χ0n) is 6.26. The number of hydrogen-bond donors (Lipinski definition) is 0. The molecule has 0 fully saturated rings. The van der Waals surface area contributed by atoms with Crippen LogP contribution in [0.4, 0.5) is 0 Å². The van der Waals surface area contributed by atoms with E-state index in [1.165, 1.54) is 12.0 Å². The maximum absolute atomic E-state index is 9.47. The fourth-order valence-electron chi connectivity index (χ4n) is 0.573. The number of hydrogen-bond acceptors (Lipinski definition) is 2. The Kier molecular flexibility index (Phi) is 9.04. The van der Waals surface area contributed by atoms with E-state index in [4.69, 9.17) is 0 Å². The van der Waals surface area contributed by atoms with Gasteiger partial charge in [-0.25, -0.2) is 0 Å². The smallest absolute Gasteiger partial charge is 0.693 e. The molecule has 1 aliphatic rings. The van der Waals surface area contributed by atoms with Crippen LogP contribution in [0.25, 0.3) is 6.15 Å². The topological polar surface area (TPSA) is 59.8 Å². The van der Waals surface area contributed by atoms with E-state index in [9.17, 15) is 4.79 Å². The molecule has 52 valence electrons. The molecule has 0 aliphatic heterocycles. The molecule has 0 saturated heterocycles. The van der Waals surface area contributed by atoms with Crippen LogP contribution in [0.1, 0.15) is 6.92 Å². The summed E-state index contributed by atoms with van der Waals surface area (Å²) < 4.78 is 4.37. The largest absolute Gasteiger partial charge is 1.00 e. The Morgan fingerprint density at radius 3 is 2.60 bits per heavy atom. The Balaban J connectivity index is 0. The first-order valence-electron chi connectivity index (χ1n) is 2.52. The van der Waals surface area contributed by atoms with Crippen molar-refractivity contribution in [3.05, 3.63) is 17.8 Å². The van der Waals surface area contributed by atoms with Crippen LogP contribution >= 0.6 is 0 Å². The van der Waals surface area contributed by atoms with Crippen LogP contribution in [0.3, 0.4) is 0 Å². The quantitative estimate of drug-likeness (QED) is 0.417. The number of nitrogens with two attached hydrogens (primary N) is 1. The van der Waals surface area contributed by atoms with Gasteiger partial charge in [0.2, 0.25) is 0 Å². The van der Waals surface area contributed by atoms with Gasteiger partial charge in [-0.1, -0.05) is 18.1 Å². The molecule has 3 nitrogen and oxygen atoms in total. The van der Waals surface area contributed by atoms with Crippen molar-refractivity contribution in [2.75, 3.05) is 6.61 Å². The molecular formula is C6H9NO2Rb-. The Labute approximate surface area is 110 Å². The third-order valence-corrected chi connectivity index (χ3v) is 1.26. The summed E-state index contributed by atoms with van der Waals surface area (Å²) in [7, 11) is 0. The molecule has 1 rings (SSSR count). The zero-order chi connectivity index (χ0) is 5.98. The molecule has 0 radical (unpaired) electrons. The van der Waals surface area contributed by atoms with Crippen molar-refractivity contribution in [3.8, 4) is 0 Å². The molecule has 0 amide bonds. The third-order valence-electron chi connectivity index (χ3n) is 1.26. The van der Waals surface area contributed by atoms with Crippen molar-refractivity contribution >= 4 is 6.47 Å². The van der Waals surface area contributed by atoms with Crippen LogP contribution in [-0.4, -0.2) is 13.1 Å². The summed E-state index contributed by atoms with van der Waals surface area (Å²) in [6, 6.07) is 0. The third kappa shape index (κ3) is 4.74. The molecule has 0 spiro atoms. The Morgan fingerprint density at radius 2 is 2.30 bits per heavy atom. The normalized spacial score (nSPS) is 19.3. The second-order valence-corrected chi connectivity index (χ2v) is 1.91. The van der Waals surface area contributed by atoms with Gasteiger partial charge in [-0.05, 0) is 6.92 Å². The SMILES string of the molecule is CC1=CC1CO[C-]=O.[NH2-].[Rb+]. The average Bonchev–Trinajstić information content (AvgIpc) is 2.42. The van der Waals surface area contributed by atoms with Crippen molar-refractivity contribution in [3.63, 3.8) is 0 Å². The van der Waals surface area contributed by atoms with Gasteiger partial charge in [0.05, 0.1) is 6.61 Å². The Morgan fingerprint density at radius 1 is 1.80 bits per heavy atom. The van der Waals surface area contributed by atoms with Crippen LogP contribution in [0, 0.1) is 5.92 Å². The van der Waals surface area contributed by atoms with E-state index >= 15 is 0 Å². The molecule has 4 heteroatoms. The van der Waals surface area contributed by atoms with E-state index < -0.39 is 0 Å². The van der Waals surface area contributed by atoms with Crippen LogP contribution in [0.15, 0.2) is 11.6 Å². The summed E-state index contributed by atoms with van der Waals surface area (Å²) >= 11 is 0. The van der Waals surface area contributed by atoms with Crippen molar-refractivity contribution in [1.82, 2.24) is 0 Å². The summed E-state index contributed by atoms with van der Waals surface area (Å²) in [6.07, 6.45) is 2.05. The fourth-order valence-corrected chi connectivity index (χ4v) is 0.573. The predicted octanol–water partition coefficient (Wildman–Crippen LogP) is -1.63. The van der Waals surface area contributed by atoms with E-state index in [0.29, 0.717) is 12.5 Å². The molecule has 0 aromatic heterocycles. The standard InChI is InChI=1S/C6H7O2.H2N.Rb/c1-5-2-6(5)3-8-4-7;;/h2,6H,3H2,1H3;1H2;/q2*-1;+1. The van der Waals surface area contributed by atoms with Crippen molar-refractivity contribution in [1.29, 1.82) is 0 Å². The van der Waals surface area contributed by atoms with Crippen LogP contribution in [-0.2, 0) is 9.53 Å². The maximum Gasteiger partial charge on any atom is 1.00 e. The van der Waals surface area contributed by atoms with Crippen LogP contribution in [0.5, 0.6) is 0 Å². The summed E-state index contributed by atoms with van der Waals surface area (Å²) in [5, 5.41) is 0. The first kappa shape index (κ1) is 13.6. The predicted molar refractivity (Wildman–Crippen MR) is 34.2 cm³/mol. The van der Waals surface area contributed by atoms with Crippen LogP contribution in [0.2, 0.25) is 0 Å².